The topological polar surface area (TPSA) is 108 Å². The van der Waals surface area contributed by atoms with E-state index in [9.17, 15) is 9.59 Å². The van der Waals surface area contributed by atoms with Gasteiger partial charge in [0.15, 0.2) is 22.5 Å². The highest BCUT2D eigenvalue weighted by molar-refractivity contribution is 7.99. The maximum atomic E-state index is 13.1. The molecule has 5 rings (SSSR count). The number of para-hydroxylation sites is 2. The average Bonchev–Trinajstić information content (AvgIpc) is 3.62. The first-order valence-corrected chi connectivity index (χ1v) is 13.6. The number of carbonyl (C=O) groups is 2. The second kappa shape index (κ2) is 12.1. The lowest BCUT2D eigenvalue weighted by Gasteiger charge is -2.17. The molecule has 0 fully saturated rings. The third-order valence-electron chi connectivity index (χ3n) is 6.56. The minimum Gasteiger partial charge on any atom is -0.493 e. The monoisotopic (exact) mass is 559 g/mol. The highest BCUT2D eigenvalue weighted by Gasteiger charge is 2.25. The largest absolute Gasteiger partial charge is 0.493 e. The number of hydrogen-bond donors (Lipinski definition) is 1. The van der Waals surface area contributed by atoms with E-state index < -0.39 is 0 Å². The summed E-state index contributed by atoms with van der Waals surface area (Å²) in [5, 5.41) is 12.2. The molecule has 0 unspecified atom stereocenters. The van der Waals surface area contributed by atoms with E-state index in [0.717, 1.165) is 17.8 Å². The fraction of sp³-hybridized carbons (Fsp3) is 0.241. The van der Waals surface area contributed by atoms with Crippen molar-refractivity contribution in [1.82, 2.24) is 20.1 Å². The molecule has 206 valence electrons. The number of methoxy groups -OCH3 is 3. The molecule has 2 heterocycles. The van der Waals surface area contributed by atoms with Crippen LogP contribution in [0.5, 0.6) is 17.2 Å². The van der Waals surface area contributed by atoms with Gasteiger partial charge in [0.25, 0.3) is 5.91 Å². The van der Waals surface area contributed by atoms with Gasteiger partial charge >= 0.3 is 0 Å². The van der Waals surface area contributed by atoms with Gasteiger partial charge in [-0.2, -0.15) is 0 Å². The fourth-order valence-electron chi connectivity index (χ4n) is 4.62. The average molecular weight is 560 g/mol. The maximum absolute atomic E-state index is 13.1. The summed E-state index contributed by atoms with van der Waals surface area (Å²) in [5.41, 5.74) is 3.31. The van der Waals surface area contributed by atoms with E-state index in [2.05, 4.69) is 21.6 Å². The highest BCUT2D eigenvalue weighted by atomic mass is 32.2. The van der Waals surface area contributed by atoms with Crippen molar-refractivity contribution < 1.29 is 23.8 Å². The molecular weight excluding hydrogens is 530 g/mol. The highest BCUT2D eigenvalue weighted by Crippen LogP contribution is 2.38. The molecule has 11 heteroatoms. The number of ether oxygens (including phenoxy) is 3. The number of nitrogens with one attached hydrogen (secondary N) is 1. The van der Waals surface area contributed by atoms with E-state index >= 15 is 0 Å². The Hall–Kier alpha value is -4.51. The van der Waals surface area contributed by atoms with E-state index in [0.29, 0.717) is 40.3 Å². The molecule has 0 radical (unpaired) electrons. The van der Waals surface area contributed by atoms with E-state index in [1.165, 1.54) is 38.7 Å². The van der Waals surface area contributed by atoms with Crippen LogP contribution in [-0.4, -0.2) is 60.2 Å². The summed E-state index contributed by atoms with van der Waals surface area (Å²) in [6, 6.07) is 20.7. The number of hydrogen-bond acceptors (Lipinski definition) is 8. The number of carbonyl (C=O) groups excluding carboxylic acids is 2. The van der Waals surface area contributed by atoms with Crippen LogP contribution in [-0.2, 0) is 17.8 Å². The smallest absolute Gasteiger partial charge is 0.251 e. The Morgan fingerprint density at radius 1 is 0.925 bits per heavy atom. The van der Waals surface area contributed by atoms with Gasteiger partial charge in [0, 0.05) is 23.5 Å². The van der Waals surface area contributed by atoms with Gasteiger partial charge in [-0.15, -0.1) is 10.2 Å². The van der Waals surface area contributed by atoms with Crippen molar-refractivity contribution in [1.29, 1.82) is 0 Å². The zero-order valence-electron chi connectivity index (χ0n) is 22.4. The van der Waals surface area contributed by atoms with Gasteiger partial charge in [0.1, 0.15) is 0 Å². The second-order valence-electron chi connectivity index (χ2n) is 8.88. The third kappa shape index (κ3) is 5.46. The summed E-state index contributed by atoms with van der Waals surface area (Å²) < 4.78 is 17.9. The van der Waals surface area contributed by atoms with Crippen LogP contribution in [0.15, 0.2) is 71.9 Å². The van der Waals surface area contributed by atoms with Crippen LogP contribution in [0.4, 0.5) is 5.69 Å². The molecule has 1 aliphatic heterocycles. The van der Waals surface area contributed by atoms with E-state index in [1.54, 1.807) is 12.1 Å². The Morgan fingerprint density at radius 3 is 2.33 bits per heavy atom. The van der Waals surface area contributed by atoms with Gasteiger partial charge in [-0.3, -0.25) is 14.2 Å². The molecule has 3 aromatic carbocycles. The first-order chi connectivity index (χ1) is 19.5. The summed E-state index contributed by atoms with van der Waals surface area (Å²) in [6.07, 6.45) is 0.850. The summed E-state index contributed by atoms with van der Waals surface area (Å²) in [7, 11) is 4.49. The second-order valence-corrected chi connectivity index (χ2v) is 9.82. The molecule has 0 bridgehead atoms. The standard InChI is InChI=1S/C29H29N5O5S/c1-37-23-15-20(16-24(38-2)27(23)39-3)28(36)30-17-25-31-32-29(34(25)21-10-5-4-6-11-21)40-18-26(35)33-14-13-19-9-7-8-12-22(19)33/h4-12,15-16H,13-14,17-18H2,1-3H3,(H,30,36). The van der Waals surface area contributed by atoms with Gasteiger partial charge in [-0.05, 0) is 42.3 Å². The van der Waals surface area contributed by atoms with Gasteiger partial charge in [-0.25, -0.2) is 0 Å². The fourth-order valence-corrected chi connectivity index (χ4v) is 5.47. The Balaban J connectivity index is 1.34. The van der Waals surface area contributed by atoms with Crippen molar-refractivity contribution >= 4 is 29.3 Å². The molecule has 2 amide bonds. The van der Waals surface area contributed by atoms with Crippen molar-refractivity contribution in [2.45, 2.75) is 18.1 Å². The normalized spacial score (nSPS) is 12.1. The molecule has 0 saturated carbocycles. The van der Waals surface area contributed by atoms with E-state index in [-0.39, 0.29) is 24.1 Å². The van der Waals surface area contributed by atoms with E-state index in [1.807, 2.05) is 58.0 Å². The lowest BCUT2D eigenvalue weighted by Crippen LogP contribution is -2.30. The first kappa shape index (κ1) is 27.1. The predicted molar refractivity (Wildman–Crippen MR) is 152 cm³/mol. The number of anilines is 1. The maximum Gasteiger partial charge on any atom is 0.251 e. The first-order valence-electron chi connectivity index (χ1n) is 12.6. The molecule has 1 aromatic heterocycles. The van der Waals surface area contributed by atoms with Crippen LogP contribution in [0, 0.1) is 0 Å². The van der Waals surface area contributed by atoms with Crippen LogP contribution >= 0.6 is 11.8 Å². The molecule has 0 atom stereocenters. The molecule has 40 heavy (non-hydrogen) atoms. The zero-order chi connectivity index (χ0) is 28.1. The number of thioether (sulfide) groups is 1. The number of amides is 2. The van der Waals surface area contributed by atoms with Crippen molar-refractivity contribution in [3.05, 3.63) is 83.7 Å². The molecule has 1 N–H and O–H groups in total. The van der Waals surface area contributed by atoms with Crippen LogP contribution in [0.25, 0.3) is 5.69 Å². The number of benzene rings is 3. The SMILES string of the molecule is COc1cc(C(=O)NCc2nnc(SCC(=O)N3CCc4ccccc43)n2-c2ccccc2)cc(OC)c1OC. The Bertz CT molecular complexity index is 1500. The Kier molecular flexibility index (Phi) is 8.20. The molecule has 0 aliphatic carbocycles. The minimum absolute atomic E-state index is 0.00909. The van der Waals surface area contributed by atoms with Crippen LogP contribution in [0.2, 0.25) is 0 Å². The minimum atomic E-state index is -0.348. The Labute approximate surface area is 236 Å². The van der Waals surface area contributed by atoms with Crippen molar-refractivity contribution in [3.63, 3.8) is 0 Å². The summed E-state index contributed by atoms with van der Waals surface area (Å²) in [5.74, 6) is 1.55. The van der Waals surface area contributed by atoms with Crippen molar-refractivity contribution in [3.8, 4) is 22.9 Å². The Morgan fingerprint density at radius 2 is 1.62 bits per heavy atom. The van der Waals surface area contributed by atoms with Crippen molar-refractivity contribution in [2.75, 3.05) is 38.5 Å². The summed E-state index contributed by atoms with van der Waals surface area (Å²) >= 11 is 1.32. The van der Waals surface area contributed by atoms with Crippen LogP contribution < -0.4 is 24.4 Å². The zero-order valence-corrected chi connectivity index (χ0v) is 23.2. The number of fused-ring (bicyclic) bond motifs is 1. The molecule has 1 aliphatic rings. The number of nitrogens with zero attached hydrogens (tertiary/aromatic N) is 4. The van der Waals surface area contributed by atoms with Gasteiger partial charge in [-0.1, -0.05) is 48.2 Å². The lowest BCUT2D eigenvalue weighted by atomic mass is 10.1. The summed E-state index contributed by atoms with van der Waals surface area (Å²) in [6.45, 7) is 0.772. The van der Waals surface area contributed by atoms with E-state index in [4.69, 9.17) is 14.2 Å². The predicted octanol–water partition coefficient (Wildman–Crippen LogP) is 3.90. The quantitative estimate of drug-likeness (QED) is 0.292. The molecule has 0 spiro atoms. The molecule has 0 saturated heterocycles. The summed E-state index contributed by atoms with van der Waals surface area (Å²) in [4.78, 5) is 28.0. The number of rotatable bonds is 10. The molecule has 4 aromatic rings. The van der Waals surface area contributed by atoms with Gasteiger partial charge in [0.2, 0.25) is 11.7 Å². The molecule has 10 nitrogen and oxygen atoms in total. The van der Waals surface area contributed by atoms with Crippen molar-refractivity contribution in [2.24, 2.45) is 0 Å². The lowest BCUT2D eigenvalue weighted by molar-refractivity contribution is -0.116. The van der Waals surface area contributed by atoms with Gasteiger partial charge < -0.3 is 24.4 Å². The van der Waals surface area contributed by atoms with Gasteiger partial charge in [0.05, 0.1) is 33.6 Å². The number of aromatic nitrogens is 3. The third-order valence-corrected chi connectivity index (χ3v) is 7.48. The van der Waals surface area contributed by atoms with Crippen LogP contribution in [0.3, 0.4) is 0 Å². The van der Waals surface area contributed by atoms with Crippen LogP contribution in [0.1, 0.15) is 21.7 Å². The molecular formula is C29H29N5O5S.